The Morgan fingerprint density at radius 1 is 1.39 bits per heavy atom. The summed E-state index contributed by atoms with van der Waals surface area (Å²) in [6.07, 6.45) is 1.79. The van der Waals surface area contributed by atoms with Crippen molar-refractivity contribution < 1.29 is 4.92 Å². The number of rotatable bonds is 4. The van der Waals surface area contributed by atoms with E-state index in [2.05, 4.69) is 16.8 Å². The molecule has 0 unspecified atom stereocenters. The van der Waals surface area contributed by atoms with Gasteiger partial charge in [-0.05, 0) is 0 Å². The van der Waals surface area contributed by atoms with Crippen molar-refractivity contribution in [3.63, 3.8) is 0 Å². The monoisotopic (exact) mass is 247 g/mol. The first kappa shape index (κ1) is 12.7. The summed E-state index contributed by atoms with van der Waals surface area (Å²) in [4.78, 5) is 13.0. The summed E-state index contributed by atoms with van der Waals surface area (Å²) in [6, 6.07) is 6.80. The van der Waals surface area contributed by atoms with Crippen LogP contribution < -0.4 is 5.32 Å². The van der Waals surface area contributed by atoms with Crippen molar-refractivity contribution in [1.82, 2.24) is 10.2 Å². The maximum Gasteiger partial charge on any atom is 0.274 e. The van der Waals surface area contributed by atoms with E-state index < -0.39 is 0 Å². The second-order valence-electron chi connectivity index (χ2n) is 4.28. The summed E-state index contributed by atoms with van der Waals surface area (Å²) in [5.74, 6) is 0. The van der Waals surface area contributed by atoms with Gasteiger partial charge in [-0.2, -0.15) is 0 Å². The van der Waals surface area contributed by atoms with Gasteiger partial charge in [-0.15, -0.1) is 6.58 Å². The van der Waals surface area contributed by atoms with Gasteiger partial charge in [0, 0.05) is 32.2 Å². The lowest BCUT2D eigenvalue weighted by molar-refractivity contribution is -0.385. The van der Waals surface area contributed by atoms with E-state index in [1.807, 2.05) is 12.1 Å². The van der Waals surface area contributed by atoms with Crippen LogP contribution in [0.4, 0.5) is 5.69 Å². The van der Waals surface area contributed by atoms with E-state index >= 15 is 0 Å². The van der Waals surface area contributed by atoms with Gasteiger partial charge in [0.25, 0.3) is 5.69 Å². The molecule has 2 rings (SSSR count). The number of piperazine rings is 1. The number of nitro benzene ring substituents is 1. The summed E-state index contributed by atoms with van der Waals surface area (Å²) in [7, 11) is 0. The van der Waals surface area contributed by atoms with Gasteiger partial charge in [0.2, 0.25) is 0 Å². The molecule has 96 valence electrons. The van der Waals surface area contributed by atoms with Crippen LogP contribution in [-0.4, -0.2) is 36.0 Å². The van der Waals surface area contributed by atoms with Crippen LogP contribution in [0.2, 0.25) is 0 Å². The lowest BCUT2D eigenvalue weighted by Crippen LogP contribution is -2.44. The molecule has 0 aromatic heterocycles. The lowest BCUT2D eigenvalue weighted by Gasteiger charge is -2.33. The number of para-hydroxylation sites is 1. The van der Waals surface area contributed by atoms with Crippen molar-refractivity contribution in [2.24, 2.45) is 0 Å². The molecule has 1 atom stereocenters. The van der Waals surface area contributed by atoms with Crippen LogP contribution in [0.3, 0.4) is 0 Å². The largest absolute Gasteiger partial charge is 0.314 e. The predicted molar refractivity (Wildman–Crippen MR) is 70.5 cm³/mol. The Bertz CT molecular complexity index is 442. The van der Waals surface area contributed by atoms with Crippen LogP contribution in [0, 0.1) is 10.1 Å². The molecule has 0 amide bonds. The molecule has 18 heavy (non-hydrogen) atoms. The average molecular weight is 247 g/mol. The fourth-order valence-electron chi connectivity index (χ4n) is 2.34. The van der Waals surface area contributed by atoms with E-state index in [4.69, 9.17) is 0 Å². The van der Waals surface area contributed by atoms with Crippen LogP contribution in [0.25, 0.3) is 0 Å². The molecule has 1 aliphatic rings. The second kappa shape index (κ2) is 5.75. The quantitative estimate of drug-likeness (QED) is 0.500. The van der Waals surface area contributed by atoms with E-state index in [1.54, 1.807) is 18.2 Å². The van der Waals surface area contributed by atoms with Crippen LogP contribution >= 0.6 is 0 Å². The Labute approximate surface area is 106 Å². The molecule has 5 heteroatoms. The van der Waals surface area contributed by atoms with Crippen LogP contribution in [-0.2, 0) is 0 Å². The minimum absolute atomic E-state index is 0.0892. The number of nitro groups is 1. The SMILES string of the molecule is C=C[C@H](c1ccccc1[N+](=O)[O-])N1CCNCC1. The molecule has 1 aromatic rings. The topological polar surface area (TPSA) is 58.4 Å². The molecule has 0 aliphatic carbocycles. The van der Waals surface area contributed by atoms with Gasteiger partial charge >= 0.3 is 0 Å². The number of nitrogens with one attached hydrogen (secondary N) is 1. The predicted octanol–water partition coefficient (Wildman–Crippen LogP) is 1.73. The van der Waals surface area contributed by atoms with Crippen molar-refractivity contribution in [2.75, 3.05) is 26.2 Å². The highest BCUT2D eigenvalue weighted by Gasteiger charge is 2.25. The minimum Gasteiger partial charge on any atom is -0.314 e. The van der Waals surface area contributed by atoms with Gasteiger partial charge < -0.3 is 5.32 Å². The molecule has 1 N–H and O–H groups in total. The molecule has 1 aliphatic heterocycles. The maximum atomic E-state index is 11.1. The minimum atomic E-state index is -0.325. The molecule has 0 spiro atoms. The fraction of sp³-hybridized carbons (Fsp3) is 0.385. The summed E-state index contributed by atoms with van der Waals surface area (Å²) >= 11 is 0. The van der Waals surface area contributed by atoms with Crippen molar-refractivity contribution in [1.29, 1.82) is 0 Å². The third-order valence-electron chi connectivity index (χ3n) is 3.22. The van der Waals surface area contributed by atoms with Crippen molar-refractivity contribution >= 4 is 5.69 Å². The molecule has 5 nitrogen and oxygen atoms in total. The first-order valence-electron chi connectivity index (χ1n) is 6.04. The highest BCUT2D eigenvalue weighted by Crippen LogP contribution is 2.29. The third kappa shape index (κ3) is 2.57. The van der Waals surface area contributed by atoms with E-state index in [1.165, 1.54) is 0 Å². The van der Waals surface area contributed by atoms with E-state index in [0.29, 0.717) is 0 Å². The Morgan fingerprint density at radius 3 is 2.67 bits per heavy atom. The highest BCUT2D eigenvalue weighted by molar-refractivity contribution is 5.43. The second-order valence-corrected chi connectivity index (χ2v) is 4.28. The summed E-state index contributed by atoms with van der Waals surface area (Å²) in [5, 5.41) is 14.3. The fourth-order valence-corrected chi connectivity index (χ4v) is 2.34. The van der Waals surface area contributed by atoms with Crippen LogP contribution in [0.15, 0.2) is 36.9 Å². The number of benzene rings is 1. The van der Waals surface area contributed by atoms with Crippen LogP contribution in [0.5, 0.6) is 0 Å². The van der Waals surface area contributed by atoms with E-state index in [9.17, 15) is 10.1 Å². The number of hydrogen-bond acceptors (Lipinski definition) is 4. The zero-order valence-electron chi connectivity index (χ0n) is 10.2. The molecule has 0 saturated carbocycles. The molecule has 1 fully saturated rings. The smallest absolute Gasteiger partial charge is 0.274 e. The van der Waals surface area contributed by atoms with E-state index in [0.717, 1.165) is 31.7 Å². The Balaban J connectivity index is 2.31. The van der Waals surface area contributed by atoms with E-state index in [-0.39, 0.29) is 16.7 Å². The van der Waals surface area contributed by atoms with Crippen molar-refractivity contribution in [3.8, 4) is 0 Å². The van der Waals surface area contributed by atoms with Gasteiger partial charge in [-0.3, -0.25) is 15.0 Å². The molecule has 1 aromatic carbocycles. The molecule has 1 heterocycles. The molecule has 0 radical (unpaired) electrons. The van der Waals surface area contributed by atoms with Crippen molar-refractivity contribution in [2.45, 2.75) is 6.04 Å². The molecular formula is C13H17N3O2. The highest BCUT2D eigenvalue weighted by atomic mass is 16.6. The Morgan fingerprint density at radius 2 is 2.06 bits per heavy atom. The Hall–Kier alpha value is -1.72. The summed E-state index contributed by atoms with van der Waals surface area (Å²) < 4.78 is 0. The van der Waals surface area contributed by atoms with Gasteiger partial charge in [0.05, 0.1) is 16.5 Å². The van der Waals surface area contributed by atoms with Gasteiger partial charge in [0.1, 0.15) is 0 Å². The van der Waals surface area contributed by atoms with Crippen molar-refractivity contribution in [3.05, 3.63) is 52.6 Å². The average Bonchev–Trinajstić information content (AvgIpc) is 2.41. The standard InChI is InChI=1S/C13H17N3O2/c1-2-12(15-9-7-14-8-10-15)11-5-3-4-6-13(11)16(17)18/h2-6,12,14H,1,7-10H2/t12-/m1/s1. The first-order chi connectivity index (χ1) is 8.74. The molecular weight excluding hydrogens is 230 g/mol. The van der Waals surface area contributed by atoms with Gasteiger partial charge in [-0.25, -0.2) is 0 Å². The number of hydrogen-bond donors (Lipinski definition) is 1. The molecule has 1 saturated heterocycles. The zero-order valence-corrected chi connectivity index (χ0v) is 10.2. The Kier molecular flexibility index (Phi) is 4.07. The normalized spacial score (nSPS) is 18.2. The maximum absolute atomic E-state index is 11.1. The summed E-state index contributed by atoms with van der Waals surface area (Å²) in [6.45, 7) is 7.40. The summed E-state index contributed by atoms with van der Waals surface area (Å²) in [5.41, 5.74) is 0.889. The number of nitrogens with zero attached hydrogens (tertiary/aromatic N) is 2. The van der Waals surface area contributed by atoms with Gasteiger partial charge in [-0.1, -0.05) is 24.3 Å². The molecule has 0 bridgehead atoms. The first-order valence-corrected chi connectivity index (χ1v) is 6.04. The zero-order chi connectivity index (χ0) is 13.0. The lowest BCUT2D eigenvalue weighted by atomic mass is 10.0. The third-order valence-corrected chi connectivity index (χ3v) is 3.22. The van der Waals surface area contributed by atoms with Gasteiger partial charge in [0.15, 0.2) is 0 Å². The van der Waals surface area contributed by atoms with Crippen LogP contribution in [0.1, 0.15) is 11.6 Å².